The van der Waals surface area contributed by atoms with Gasteiger partial charge in [-0.3, -0.25) is 9.69 Å². The molecule has 0 radical (unpaired) electrons. The van der Waals surface area contributed by atoms with Crippen molar-refractivity contribution in [3.05, 3.63) is 0 Å². The number of carbonyl (C=O) groups is 1. The number of aliphatic carboxylic acids is 1. The molecule has 0 amide bonds. The van der Waals surface area contributed by atoms with E-state index in [9.17, 15) is 9.90 Å². The Morgan fingerprint density at radius 1 is 1.18 bits per heavy atom. The molecule has 98 valence electrons. The maximum absolute atomic E-state index is 11.4. The molecule has 3 heteroatoms. The second-order valence-electron chi connectivity index (χ2n) is 6.12. The summed E-state index contributed by atoms with van der Waals surface area (Å²) in [5.74, 6) is 1.20. The molecule has 1 saturated carbocycles. The Bertz CT molecular complexity index is 277. The van der Waals surface area contributed by atoms with Gasteiger partial charge in [-0.05, 0) is 37.1 Å². The van der Waals surface area contributed by atoms with Crippen LogP contribution in [-0.4, -0.2) is 35.1 Å². The molecule has 1 aliphatic carbocycles. The largest absolute Gasteiger partial charge is 0.480 e. The van der Waals surface area contributed by atoms with E-state index in [1.807, 2.05) is 13.8 Å². The zero-order valence-corrected chi connectivity index (χ0v) is 11.1. The molecule has 1 heterocycles. The molecule has 17 heavy (non-hydrogen) atoms. The van der Waals surface area contributed by atoms with E-state index in [2.05, 4.69) is 4.90 Å². The number of rotatable bonds is 3. The Labute approximate surface area is 104 Å². The van der Waals surface area contributed by atoms with Crippen LogP contribution in [-0.2, 0) is 4.79 Å². The Morgan fingerprint density at radius 3 is 2.41 bits per heavy atom. The van der Waals surface area contributed by atoms with Crippen molar-refractivity contribution >= 4 is 5.97 Å². The van der Waals surface area contributed by atoms with Crippen LogP contribution in [0.15, 0.2) is 0 Å². The third-order valence-electron chi connectivity index (χ3n) is 4.60. The first-order valence-corrected chi connectivity index (χ1v) is 7.06. The lowest BCUT2D eigenvalue weighted by atomic mass is 9.74. The van der Waals surface area contributed by atoms with Gasteiger partial charge >= 0.3 is 5.97 Å². The molecule has 0 aromatic heterocycles. The second kappa shape index (κ2) is 5.38. The van der Waals surface area contributed by atoms with Gasteiger partial charge in [-0.25, -0.2) is 0 Å². The summed E-state index contributed by atoms with van der Waals surface area (Å²) < 4.78 is 0. The van der Waals surface area contributed by atoms with Crippen LogP contribution in [0.1, 0.15) is 46.0 Å². The summed E-state index contributed by atoms with van der Waals surface area (Å²) in [6.45, 7) is 6.04. The average molecular weight is 239 g/mol. The molecule has 2 fully saturated rings. The number of likely N-dealkylation sites (tertiary alicyclic amines) is 1. The maximum atomic E-state index is 11.4. The molecule has 0 aromatic rings. The SMILES string of the molecule is CC(C)C(C(=O)O)N1CCC2CCCCC2C1. The van der Waals surface area contributed by atoms with Gasteiger partial charge in [0.1, 0.15) is 6.04 Å². The van der Waals surface area contributed by atoms with Crippen molar-refractivity contribution in [2.75, 3.05) is 13.1 Å². The van der Waals surface area contributed by atoms with Crippen LogP contribution in [0.4, 0.5) is 0 Å². The number of carboxylic acid groups (broad SMARTS) is 1. The molecular formula is C14H25NO2. The minimum atomic E-state index is -0.644. The van der Waals surface area contributed by atoms with E-state index >= 15 is 0 Å². The summed E-state index contributed by atoms with van der Waals surface area (Å²) in [6, 6.07) is -0.280. The lowest BCUT2D eigenvalue weighted by Crippen LogP contribution is -2.51. The highest BCUT2D eigenvalue weighted by Gasteiger charge is 2.37. The van der Waals surface area contributed by atoms with Gasteiger partial charge in [0, 0.05) is 6.54 Å². The van der Waals surface area contributed by atoms with E-state index in [1.165, 1.54) is 32.1 Å². The van der Waals surface area contributed by atoms with Crippen LogP contribution in [0.25, 0.3) is 0 Å². The van der Waals surface area contributed by atoms with Crippen molar-refractivity contribution in [3.8, 4) is 0 Å². The molecule has 0 aromatic carbocycles. The molecule has 0 bridgehead atoms. The highest BCUT2D eigenvalue weighted by molar-refractivity contribution is 5.73. The molecule has 1 N–H and O–H groups in total. The Kier molecular flexibility index (Phi) is 4.08. The third kappa shape index (κ3) is 2.82. The summed E-state index contributed by atoms with van der Waals surface area (Å²) in [5.41, 5.74) is 0. The minimum Gasteiger partial charge on any atom is -0.480 e. The van der Waals surface area contributed by atoms with Gasteiger partial charge < -0.3 is 5.11 Å². The smallest absolute Gasteiger partial charge is 0.321 e. The highest BCUT2D eigenvalue weighted by Crippen LogP contribution is 2.37. The van der Waals surface area contributed by atoms with E-state index in [1.54, 1.807) is 0 Å². The van der Waals surface area contributed by atoms with Gasteiger partial charge in [0.05, 0.1) is 0 Å². The Balaban J connectivity index is 2.00. The fraction of sp³-hybridized carbons (Fsp3) is 0.929. The Hall–Kier alpha value is -0.570. The number of hydrogen-bond donors (Lipinski definition) is 1. The zero-order chi connectivity index (χ0) is 12.4. The summed E-state index contributed by atoms with van der Waals surface area (Å²) >= 11 is 0. The third-order valence-corrected chi connectivity index (χ3v) is 4.60. The fourth-order valence-corrected chi connectivity index (χ4v) is 3.74. The van der Waals surface area contributed by atoms with Gasteiger partial charge in [0.15, 0.2) is 0 Å². The van der Waals surface area contributed by atoms with E-state index in [0.717, 1.165) is 24.9 Å². The molecule has 0 spiro atoms. The van der Waals surface area contributed by atoms with Crippen LogP contribution >= 0.6 is 0 Å². The topological polar surface area (TPSA) is 40.5 Å². The highest BCUT2D eigenvalue weighted by atomic mass is 16.4. The number of fused-ring (bicyclic) bond motifs is 1. The van der Waals surface area contributed by atoms with Crippen molar-refractivity contribution in [3.63, 3.8) is 0 Å². The monoisotopic (exact) mass is 239 g/mol. The summed E-state index contributed by atoms with van der Waals surface area (Å²) in [7, 11) is 0. The van der Waals surface area contributed by atoms with E-state index in [0.29, 0.717) is 0 Å². The van der Waals surface area contributed by atoms with Crippen LogP contribution in [0.5, 0.6) is 0 Å². The summed E-state index contributed by atoms with van der Waals surface area (Å²) in [5, 5.41) is 9.35. The first kappa shape index (κ1) is 12.9. The summed E-state index contributed by atoms with van der Waals surface area (Å²) in [4.78, 5) is 13.6. The van der Waals surface area contributed by atoms with Crippen LogP contribution < -0.4 is 0 Å². The first-order chi connectivity index (χ1) is 8.09. The molecule has 1 aliphatic heterocycles. The van der Waals surface area contributed by atoms with Crippen LogP contribution in [0, 0.1) is 17.8 Å². The predicted octanol–water partition coefficient (Wildman–Crippen LogP) is 2.61. The molecule has 3 nitrogen and oxygen atoms in total. The second-order valence-corrected chi connectivity index (χ2v) is 6.12. The molecule has 1 saturated heterocycles. The van der Waals surface area contributed by atoms with Gasteiger partial charge in [-0.2, -0.15) is 0 Å². The van der Waals surface area contributed by atoms with Crippen molar-refractivity contribution in [2.45, 2.75) is 52.0 Å². The maximum Gasteiger partial charge on any atom is 0.321 e. The number of nitrogens with zero attached hydrogens (tertiary/aromatic N) is 1. The minimum absolute atomic E-state index is 0.202. The van der Waals surface area contributed by atoms with Gasteiger partial charge in [0.25, 0.3) is 0 Å². The Morgan fingerprint density at radius 2 is 1.82 bits per heavy atom. The standard InChI is InChI=1S/C14H25NO2/c1-10(2)13(14(16)17)15-8-7-11-5-3-4-6-12(11)9-15/h10-13H,3-9H2,1-2H3,(H,16,17). The average Bonchev–Trinajstić information content (AvgIpc) is 2.28. The quantitative estimate of drug-likeness (QED) is 0.823. The van der Waals surface area contributed by atoms with E-state index in [-0.39, 0.29) is 12.0 Å². The lowest BCUT2D eigenvalue weighted by Gasteiger charge is -2.44. The van der Waals surface area contributed by atoms with E-state index < -0.39 is 5.97 Å². The zero-order valence-electron chi connectivity index (χ0n) is 11.1. The number of hydrogen-bond acceptors (Lipinski definition) is 2. The number of piperidine rings is 1. The molecule has 2 rings (SSSR count). The summed E-state index contributed by atoms with van der Waals surface area (Å²) in [6.07, 6.45) is 6.62. The van der Waals surface area contributed by atoms with E-state index in [4.69, 9.17) is 0 Å². The fourth-order valence-electron chi connectivity index (χ4n) is 3.74. The van der Waals surface area contributed by atoms with Gasteiger partial charge in [-0.1, -0.05) is 33.1 Å². The van der Waals surface area contributed by atoms with Crippen molar-refractivity contribution < 1.29 is 9.90 Å². The lowest BCUT2D eigenvalue weighted by molar-refractivity contribution is -0.146. The van der Waals surface area contributed by atoms with Crippen LogP contribution in [0.2, 0.25) is 0 Å². The molecule has 2 aliphatic rings. The number of carboxylic acids is 1. The van der Waals surface area contributed by atoms with Gasteiger partial charge in [-0.15, -0.1) is 0 Å². The van der Waals surface area contributed by atoms with Crippen molar-refractivity contribution in [1.29, 1.82) is 0 Å². The van der Waals surface area contributed by atoms with Gasteiger partial charge in [0.2, 0.25) is 0 Å². The van der Waals surface area contributed by atoms with Crippen molar-refractivity contribution in [2.24, 2.45) is 17.8 Å². The molecule has 3 unspecified atom stereocenters. The normalized spacial score (nSPS) is 32.2. The molecular weight excluding hydrogens is 214 g/mol. The molecule has 3 atom stereocenters. The van der Waals surface area contributed by atoms with Crippen LogP contribution in [0.3, 0.4) is 0 Å². The predicted molar refractivity (Wildman–Crippen MR) is 67.9 cm³/mol. The first-order valence-electron chi connectivity index (χ1n) is 7.06. The van der Waals surface area contributed by atoms with Crippen molar-refractivity contribution in [1.82, 2.24) is 4.90 Å².